The topological polar surface area (TPSA) is 95.5 Å². The molecule has 7 nitrogen and oxygen atoms in total. The third-order valence-electron chi connectivity index (χ3n) is 2.96. The summed E-state index contributed by atoms with van der Waals surface area (Å²) < 4.78 is 25.2. The molecule has 3 N–H and O–H groups in total. The Labute approximate surface area is 166 Å². The number of aryl methyl sites for hydroxylation is 1. The van der Waals surface area contributed by atoms with E-state index < -0.39 is 15.6 Å². The Morgan fingerprint density at radius 2 is 2.04 bits per heavy atom. The fourth-order valence-corrected chi connectivity index (χ4v) is 3.92. The lowest BCUT2D eigenvalue weighted by Crippen LogP contribution is -2.53. The van der Waals surface area contributed by atoms with Crippen LogP contribution in [0.15, 0.2) is 11.2 Å². The molecular formula is C14H28IN5O2S2. The molecule has 0 saturated carbocycles. The number of thiazole rings is 1. The minimum atomic E-state index is -3.25. The molecule has 0 aromatic carbocycles. The van der Waals surface area contributed by atoms with Crippen LogP contribution in [0.1, 0.15) is 30.7 Å². The van der Waals surface area contributed by atoms with Gasteiger partial charge in [-0.2, -0.15) is 0 Å². The second-order valence-electron chi connectivity index (χ2n) is 5.93. The van der Waals surface area contributed by atoms with Gasteiger partial charge in [-0.15, -0.1) is 35.3 Å². The summed E-state index contributed by atoms with van der Waals surface area (Å²) in [6.45, 7) is 6.90. The Morgan fingerprint density at radius 3 is 2.54 bits per heavy atom. The monoisotopic (exact) mass is 489 g/mol. The van der Waals surface area contributed by atoms with Crippen LogP contribution in [0.2, 0.25) is 0 Å². The Bertz CT molecular complexity index is 629. The standard InChI is InChI=1S/C14H27N5O2S2.HI/c1-6-11-9-17-12(22-11)7-8-16-13(15-4)18-10-14(2,3)19-23(5,20)21;/h9,19H,6-8,10H2,1-5H3,(H2,15,16,18);1H. The van der Waals surface area contributed by atoms with Crippen LogP contribution in [0.4, 0.5) is 0 Å². The van der Waals surface area contributed by atoms with Gasteiger partial charge >= 0.3 is 0 Å². The molecule has 0 unspecified atom stereocenters. The number of aromatic nitrogens is 1. The molecule has 0 bridgehead atoms. The first-order valence-electron chi connectivity index (χ1n) is 7.52. The molecule has 1 aromatic rings. The molecule has 0 fully saturated rings. The first-order chi connectivity index (χ1) is 10.6. The Morgan fingerprint density at radius 1 is 1.38 bits per heavy atom. The van der Waals surface area contributed by atoms with Gasteiger partial charge in [0.05, 0.1) is 11.3 Å². The van der Waals surface area contributed by atoms with Crippen LogP contribution in [0.5, 0.6) is 0 Å². The van der Waals surface area contributed by atoms with Crippen molar-refractivity contribution in [3.63, 3.8) is 0 Å². The third-order valence-corrected chi connectivity index (χ3v) is 5.09. The zero-order chi connectivity index (χ0) is 17.5. The molecule has 0 saturated heterocycles. The highest BCUT2D eigenvalue weighted by atomic mass is 127. The maximum Gasteiger partial charge on any atom is 0.209 e. The number of guanidine groups is 1. The molecule has 1 aromatic heterocycles. The van der Waals surface area contributed by atoms with Crippen molar-refractivity contribution in [3.8, 4) is 0 Å². The van der Waals surface area contributed by atoms with E-state index in [0.29, 0.717) is 12.5 Å². The fraction of sp³-hybridized carbons (Fsp3) is 0.714. The molecule has 24 heavy (non-hydrogen) atoms. The van der Waals surface area contributed by atoms with Gasteiger partial charge in [-0.05, 0) is 20.3 Å². The third kappa shape index (κ3) is 9.74. The zero-order valence-electron chi connectivity index (χ0n) is 14.8. The summed E-state index contributed by atoms with van der Waals surface area (Å²) in [5.74, 6) is 0.639. The van der Waals surface area contributed by atoms with Gasteiger partial charge < -0.3 is 10.6 Å². The highest BCUT2D eigenvalue weighted by molar-refractivity contribution is 14.0. The Balaban J connectivity index is 0.00000529. The molecule has 140 valence electrons. The number of hydrogen-bond donors (Lipinski definition) is 3. The molecule has 0 amide bonds. The molecule has 1 heterocycles. The van der Waals surface area contributed by atoms with Crippen LogP contribution in [0.25, 0.3) is 0 Å². The summed E-state index contributed by atoms with van der Waals surface area (Å²) in [6, 6.07) is 0. The lowest BCUT2D eigenvalue weighted by Gasteiger charge is -2.26. The van der Waals surface area contributed by atoms with Crippen LogP contribution in [-0.2, 0) is 22.9 Å². The molecule has 0 atom stereocenters. The van der Waals surface area contributed by atoms with Crippen molar-refractivity contribution in [1.29, 1.82) is 0 Å². The van der Waals surface area contributed by atoms with Gasteiger partial charge in [-0.25, -0.2) is 18.1 Å². The molecule has 0 radical (unpaired) electrons. The highest BCUT2D eigenvalue weighted by Crippen LogP contribution is 2.13. The average molecular weight is 489 g/mol. The van der Waals surface area contributed by atoms with Gasteiger partial charge in [-0.3, -0.25) is 4.99 Å². The minimum absolute atomic E-state index is 0. The van der Waals surface area contributed by atoms with E-state index in [2.05, 4.69) is 32.3 Å². The molecule has 10 heteroatoms. The fourth-order valence-electron chi connectivity index (χ4n) is 1.98. The van der Waals surface area contributed by atoms with E-state index in [1.54, 1.807) is 18.4 Å². The number of nitrogens with one attached hydrogen (secondary N) is 3. The highest BCUT2D eigenvalue weighted by Gasteiger charge is 2.22. The van der Waals surface area contributed by atoms with Crippen LogP contribution < -0.4 is 15.4 Å². The number of halogens is 1. The largest absolute Gasteiger partial charge is 0.356 e. The summed E-state index contributed by atoms with van der Waals surface area (Å²) in [4.78, 5) is 9.81. The molecular weight excluding hydrogens is 461 g/mol. The van der Waals surface area contributed by atoms with Gasteiger partial charge in [-0.1, -0.05) is 6.92 Å². The summed E-state index contributed by atoms with van der Waals surface area (Å²) >= 11 is 1.73. The van der Waals surface area contributed by atoms with Gasteiger partial charge in [0.2, 0.25) is 10.0 Å². The van der Waals surface area contributed by atoms with E-state index in [1.807, 2.05) is 20.0 Å². The van der Waals surface area contributed by atoms with Crippen molar-refractivity contribution in [2.75, 3.05) is 26.4 Å². The van der Waals surface area contributed by atoms with Crippen molar-refractivity contribution in [3.05, 3.63) is 16.1 Å². The second kappa shape index (κ2) is 10.5. The van der Waals surface area contributed by atoms with E-state index in [0.717, 1.165) is 30.6 Å². The normalized spacial score (nSPS) is 12.6. The van der Waals surface area contributed by atoms with Gasteiger partial charge in [0, 0.05) is 43.2 Å². The van der Waals surface area contributed by atoms with Crippen LogP contribution in [0.3, 0.4) is 0 Å². The number of nitrogens with zero attached hydrogens (tertiary/aromatic N) is 2. The van der Waals surface area contributed by atoms with E-state index in [9.17, 15) is 8.42 Å². The summed E-state index contributed by atoms with van der Waals surface area (Å²) in [6.07, 6.45) is 4.92. The Hall–Kier alpha value is -0.460. The first-order valence-corrected chi connectivity index (χ1v) is 10.2. The lowest BCUT2D eigenvalue weighted by molar-refractivity contribution is 0.446. The van der Waals surface area contributed by atoms with Crippen molar-refractivity contribution >= 4 is 51.3 Å². The number of aliphatic imine (C=N–C) groups is 1. The van der Waals surface area contributed by atoms with Gasteiger partial charge in [0.15, 0.2) is 5.96 Å². The smallest absolute Gasteiger partial charge is 0.209 e. The summed E-state index contributed by atoms with van der Waals surface area (Å²) in [5, 5.41) is 7.44. The lowest BCUT2D eigenvalue weighted by atomic mass is 10.1. The zero-order valence-corrected chi connectivity index (χ0v) is 18.8. The molecule has 0 spiro atoms. The van der Waals surface area contributed by atoms with Gasteiger partial charge in [0.25, 0.3) is 0 Å². The average Bonchev–Trinajstić information content (AvgIpc) is 2.88. The summed E-state index contributed by atoms with van der Waals surface area (Å²) in [5.41, 5.74) is -0.601. The van der Waals surface area contributed by atoms with Crippen molar-refractivity contribution < 1.29 is 8.42 Å². The number of rotatable bonds is 8. The molecule has 0 aliphatic rings. The van der Waals surface area contributed by atoms with Crippen molar-refractivity contribution in [1.82, 2.24) is 20.3 Å². The van der Waals surface area contributed by atoms with Crippen molar-refractivity contribution in [2.24, 2.45) is 4.99 Å². The Kier molecular flexibility index (Phi) is 10.3. The van der Waals surface area contributed by atoms with Gasteiger partial charge in [0.1, 0.15) is 0 Å². The molecule has 1 rings (SSSR count). The van der Waals surface area contributed by atoms with Crippen LogP contribution in [0, 0.1) is 0 Å². The van der Waals surface area contributed by atoms with E-state index in [1.165, 1.54) is 4.88 Å². The minimum Gasteiger partial charge on any atom is -0.356 e. The predicted molar refractivity (Wildman–Crippen MR) is 112 cm³/mol. The maximum absolute atomic E-state index is 11.3. The number of sulfonamides is 1. The number of hydrogen-bond acceptors (Lipinski definition) is 5. The predicted octanol–water partition coefficient (Wildman–Crippen LogP) is 1.36. The maximum atomic E-state index is 11.3. The first kappa shape index (κ1) is 23.5. The summed E-state index contributed by atoms with van der Waals surface area (Å²) in [7, 11) is -1.56. The SMILES string of the molecule is CCc1cnc(CCNC(=NC)NCC(C)(C)NS(C)(=O)=O)s1.I. The van der Waals surface area contributed by atoms with E-state index in [4.69, 9.17) is 0 Å². The van der Waals surface area contributed by atoms with E-state index in [-0.39, 0.29) is 24.0 Å². The van der Waals surface area contributed by atoms with Crippen LogP contribution in [-0.4, -0.2) is 51.3 Å². The molecule has 0 aliphatic heterocycles. The van der Waals surface area contributed by atoms with E-state index >= 15 is 0 Å². The van der Waals surface area contributed by atoms with Crippen molar-refractivity contribution in [2.45, 2.75) is 39.2 Å². The van der Waals surface area contributed by atoms with Crippen LogP contribution >= 0.6 is 35.3 Å². The second-order valence-corrected chi connectivity index (χ2v) is 8.88. The quantitative estimate of drug-likeness (QED) is 0.291. The molecule has 0 aliphatic carbocycles.